The van der Waals surface area contributed by atoms with Crippen LogP contribution in [0, 0.1) is 0 Å². The summed E-state index contributed by atoms with van der Waals surface area (Å²) in [5, 5.41) is 11.5. The third-order valence-corrected chi connectivity index (χ3v) is 6.21. The number of ether oxygens (including phenoxy) is 1. The number of carbonyl (C=O) groups is 3. The minimum absolute atomic E-state index is 0.0430. The van der Waals surface area contributed by atoms with E-state index in [4.69, 9.17) is 4.74 Å². The van der Waals surface area contributed by atoms with E-state index >= 15 is 0 Å². The number of hydrogen-bond donors (Lipinski definition) is 1. The minimum atomic E-state index is -1.08. The molecule has 2 aliphatic rings. The Morgan fingerprint density at radius 1 is 1.04 bits per heavy atom. The second-order valence-electron chi connectivity index (χ2n) is 6.92. The van der Waals surface area contributed by atoms with Crippen LogP contribution in [0.5, 0.6) is 0 Å². The highest BCUT2D eigenvalue weighted by Gasteiger charge is 2.54. The molecule has 0 unspecified atom stereocenters. The fourth-order valence-electron chi connectivity index (χ4n) is 3.89. The van der Waals surface area contributed by atoms with Crippen LogP contribution >= 0.6 is 11.3 Å². The largest absolute Gasteiger partial charge is 0.480 e. The van der Waals surface area contributed by atoms with Gasteiger partial charge in [-0.15, -0.1) is 11.3 Å². The summed E-state index contributed by atoms with van der Waals surface area (Å²) in [7, 11) is 0. The molecule has 1 aromatic heterocycles. The highest BCUT2D eigenvalue weighted by atomic mass is 32.1. The average molecular weight is 400 g/mol. The van der Waals surface area contributed by atoms with E-state index in [1.807, 2.05) is 11.4 Å². The van der Waals surface area contributed by atoms with E-state index in [2.05, 4.69) is 0 Å². The van der Waals surface area contributed by atoms with E-state index in [1.165, 1.54) is 16.2 Å². The van der Waals surface area contributed by atoms with Gasteiger partial charge in [0.05, 0.1) is 11.5 Å². The minimum Gasteiger partial charge on any atom is -0.480 e. The first kappa shape index (κ1) is 18.6. The zero-order chi connectivity index (χ0) is 19.7. The number of carboxylic acids is 1. The first-order chi connectivity index (χ1) is 13.5. The fourth-order valence-corrected chi connectivity index (χ4v) is 4.58. The zero-order valence-corrected chi connectivity index (χ0v) is 15.9. The summed E-state index contributed by atoms with van der Waals surface area (Å²) in [6.45, 7) is 0.760. The van der Waals surface area contributed by atoms with E-state index in [1.54, 1.807) is 41.3 Å². The molecule has 2 aromatic rings. The Labute approximate surface area is 166 Å². The molecule has 7 nitrogen and oxygen atoms in total. The number of carboxylic acid groups (broad SMARTS) is 1. The monoisotopic (exact) mass is 400 g/mol. The van der Waals surface area contributed by atoms with Crippen LogP contribution in [0.1, 0.15) is 32.9 Å². The normalized spacial score (nSPS) is 21.1. The number of likely N-dealkylation sites (tertiary alicyclic amines) is 1. The molecule has 1 aromatic carbocycles. The van der Waals surface area contributed by atoms with Crippen molar-refractivity contribution >= 4 is 29.1 Å². The molecule has 2 amide bonds. The van der Waals surface area contributed by atoms with Crippen molar-refractivity contribution in [2.24, 2.45) is 0 Å². The van der Waals surface area contributed by atoms with Gasteiger partial charge in [0.2, 0.25) is 0 Å². The molecule has 8 heteroatoms. The van der Waals surface area contributed by atoms with Gasteiger partial charge in [-0.1, -0.05) is 24.3 Å². The van der Waals surface area contributed by atoms with Crippen LogP contribution < -0.4 is 0 Å². The van der Waals surface area contributed by atoms with E-state index in [0.717, 1.165) is 0 Å². The Hall–Kier alpha value is -2.71. The van der Waals surface area contributed by atoms with Crippen LogP contribution in [0.2, 0.25) is 0 Å². The number of piperidine rings is 1. The predicted molar refractivity (Wildman–Crippen MR) is 102 cm³/mol. The van der Waals surface area contributed by atoms with Crippen LogP contribution in [-0.2, 0) is 9.53 Å². The molecule has 2 fully saturated rings. The summed E-state index contributed by atoms with van der Waals surface area (Å²) in [6, 6.07) is 11.2. The molecule has 3 heterocycles. The Bertz CT molecular complexity index is 875. The lowest BCUT2D eigenvalue weighted by molar-refractivity contribution is -0.143. The second kappa shape index (κ2) is 7.37. The molecular formula is C20H20N2O5S. The van der Waals surface area contributed by atoms with Crippen molar-refractivity contribution in [3.8, 4) is 0 Å². The lowest BCUT2D eigenvalue weighted by atomic mass is 9.96. The standard InChI is InChI=1S/C20H20N2O5S/c23-17(14-5-2-1-3-6-14)22-15(19(25)26)13-27-20(22)8-10-21(11-9-20)18(24)16-7-4-12-28-16/h1-7,12,15H,8-11,13H2,(H,25,26)/t15-/m1/s1. The van der Waals surface area contributed by atoms with E-state index < -0.39 is 17.7 Å². The third kappa shape index (κ3) is 3.18. The van der Waals surface area contributed by atoms with Gasteiger partial charge in [0, 0.05) is 31.5 Å². The molecule has 0 radical (unpaired) electrons. The molecule has 0 bridgehead atoms. The number of benzene rings is 1. The number of aliphatic carboxylic acids is 1. The second-order valence-corrected chi connectivity index (χ2v) is 7.87. The Kier molecular flexibility index (Phi) is 4.91. The molecule has 0 aliphatic carbocycles. The first-order valence-electron chi connectivity index (χ1n) is 9.10. The number of nitrogens with zero attached hydrogens (tertiary/aromatic N) is 2. The van der Waals surface area contributed by atoms with E-state index in [0.29, 0.717) is 36.4 Å². The maximum absolute atomic E-state index is 13.1. The third-order valence-electron chi connectivity index (χ3n) is 5.35. The fraction of sp³-hybridized carbons (Fsp3) is 0.350. The molecule has 28 heavy (non-hydrogen) atoms. The number of rotatable bonds is 3. The van der Waals surface area contributed by atoms with Crippen LogP contribution in [0.3, 0.4) is 0 Å². The molecule has 4 rings (SSSR count). The van der Waals surface area contributed by atoms with Crippen molar-refractivity contribution in [3.63, 3.8) is 0 Å². The molecular weight excluding hydrogens is 380 g/mol. The van der Waals surface area contributed by atoms with Gasteiger partial charge in [0.25, 0.3) is 11.8 Å². The van der Waals surface area contributed by atoms with Gasteiger partial charge in [-0.3, -0.25) is 14.5 Å². The zero-order valence-electron chi connectivity index (χ0n) is 15.1. The summed E-state index contributed by atoms with van der Waals surface area (Å²) >= 11 is 1.39. The Morgan fingerprint density at radius 3 is 2.36 bits per heavy atom. The average Bonchev–Trinajstić information content (AvgIpc) is 3.37. The van der Waals surface area contributed by atoms with Crippen molar-refractivity contribution in [3.05, 3.63) is 58.3 Å². The van der Waals surface area contributed by atoms with Crippen LogP contribution in [0.4, 0.5) is 0 Å². The topological polar surface area (TPSA) is 87.2 Å². The molecule has 146 valence electrons. The predicted octanol–water partition coefficient (Wildman–Crippen LogP) is 2.31. The van der Waals surface area contributed by atoms with Gasteiger partial charge in [-0.25, -0.2) is 4.79 Å². The van der Waals surface area contributed by atoms with Crippen molar-refractivity contribution in [1.82, 2.24) is 9.80 Å². The summed E-state index contributed by atoms with van der Waals surface area (Å²) in [6.07, 6.45) is 0.763. The van der Waals surface area contributed by atoms with Gasteiger partial charge < -0.3 is 14.7 Å². The smallest absolute Gasteiger partial charge is 0.328 e. The van der Waals surface area contributed by atoms with E-state index in [-0.39, 0.29) is 18.4 Å². The lowest BCUT2D eigenvalue weighted by Crippen LogP contribution is -2.58. The number of amides is 2. The van der Waals surface area contributed by atoms with Crippen molar-refractivity contribution in [2.75, 3.05) is 19.7 Å². The van der Waals surface area contributed by atoms with Crippen molar-refractivity contribution < 1.29 is 24.2 Å². The maximum Gasteiger partial charge on any atom is 0.328 e. The molecule has 1 spiro atoms. The van der Waals surface area contributed by atoms with Crippen LogP contribution in [0.15, 0.2) is 47.8 Å². The number of thiophene rings is 1. The summed E-state index contributed by atoms with van der Waals surface area (Å²) < 4.78 is 5.92. The van der Waals surface area contributed by atoms with Crippen LogP contribution in [-0.4, -0.2) is 64.2 Å². The molecule has 1 atom stereocenters. The first-order valence-corrected chi connectivity index (χ1v) is 9.98. The van der Waals surface area contributed by atoms with Gasteiger partial charge in [0.1, 0.15) is 5.72 Å². The van der Waals surface area contributed by atoms with Crippen molar-refractivity contribution in [2.45, 2.75) is 24.6 Å². The Balaban J connectivity index is 1.57. The summed E-state index contributed by atoms with van der Waals surface area (Å²) in [5.41, 5.74) is -0.571. The van der Waals surface area contributed by atoms with Crippen molar-refractivity contribution in [1.29, 1.82) is 0 Å². The van der Waals surface area contributed by atoms with Gasteiger partial charge in [-0.2, -0.15) is 0 Å². The quantitative estimate of drug-likeness (QED) is 0.854. The molecule has 0 saturated carbocycles. The van der Waals surface area contributed by atoms with E-state index in [9.17, 15) is 19.5 Å². The molecule has 2 aliphatic heterocycles. The number of hydrogen-bond acceptors (Lipinski definition) is 5. The molecule has 2 saturated heterocycles. The van der Waals surface area contributed by atoms with Gasteiger partial charge >= 0.3 is 5.97 Å². The Morgan fingerprint density at radius 2 is 1.75 bits per heavy atom. The van der Waals surface area contributed by atoms with Gasteiger partial charge in [0.15, 0.2) is 6.04 Å². The highest BCUT2D eigenvalue weighted by Crippen LogP contribution is 2.38. The lowest BCUT2D eigenvalue weighted by Gasteiger charge is -2.44. The SMILES string of the molecule is O=C(O)[C@H]1COC2(CCN(C(=O)c3cccs3)CC2)N1C(=O)c1ccccc1. The van der Waals surface area contributed by atoms with Crippen LogP contribution in [0.25, 0.3) is 0 Å². The number of carbonyl (C=O) groups excluding carboxylic acids is 2. The van der Waals surface area contributed by atoms with Gasteiger partial charge in [-0.05, 0) is 23.6 Å². The summed E-state index contributed by atoms with van der Waals surface area (Å²) in [5.74, 6) is -1.49. The highest BCUT2D eigenvalue weighted by molar-refractivity contribution is 7.12. The maximum atomic E-state index is 13.1. The summed E-state index contributed by atoms with van der Waals surface area (Å²) in [4.78, 5) is 41.3. The molecule has 1 N–H and O–H groups in total.